The molecule has 2 aromatic heterocycles. The lowest BCUT2D eigenvalue weighted by Crippen LogP contribution is -2.43. The lowest BCUT2D eigenvalue weighted by atomic mass is 9.88. The smallest absolute Gasteiger partial charge is 0.274 e. The third-order valence-corrected chi connectivity index (χ3v) is 6.90. The van der Waals surface area contributed by atoms with Crippen LogP contribution in [0.4, 0.5) is 0 Å². The van der Waals surface area contributed by atoms with Gasteiger partial charge in [0.2, 0.25) is 0 Å². The number of fused-ring (bicyclic) bond motifs is 3. The van der Waals surface area contributed by atoms with Gasteiger partial charge in [-0.2, -0.15) is 0 Å². The van der Waals surface area contributed by atoms with E-state index in [1.54, 1.807) is 6.20 Å². The number of H-pyrrole nitrogens is 1. The molecule has 2 N–H and O–H groups in total. The molecular weight excluding hydrogens is 378 g/mol. The zero-order valence-electron chi connectivity index (χ0n) is 17.5. The molecule has 0 spiro atoms. The molecule has 3 aromatic rings. The van der Waals surface area contributed by atoms with Crippen molar-refractivity contribution in [3.63, 3.8) is 0 Å². The molecule has 1 aliphatic carbocycles. The van der Waals surface area contributed by atoms with Crippen LogP contribution in [0.5, 0.6) is 0 Å². The molecule has 7 heteroatoms. The van der Waals surface area contributed by atoms with Gasteiger partial charge in [-0.15, -0.1) is 0 Å². The van der Waals surface area contributed by atoms with Gasteiger partial charge >= 0.3 is 0 Å². The lowest BCUT2D eigenvalue weighted by Gasteiger charge is -2.31. The average molecular weight is 408 g/mol. The van der Waals surface area contributed by atoms with Crippen LogP contribution < -0.4 is 10.9 Å². The van der Waals surface area contributed by atoms with Crippen LogP contribution in [0.1, 0.15) is 67.0 Å². The van der Waals surface area contributed by atoms with Crippen LogP contribution in [-0.2, 0) is 0 Å². The molecule has 5 rings (SSSR count). The van der Waals surface area contributed by atoms with Crippen LogP contribution >= 0.6 is 0 Å². The van der Waals surface area contributed by atoms with E-state index in [0.29, 0.717) is 17.0 Å². The summed E-state index contributed by atoms with van der Waals surface area (Å²) < 4.78 is 1.99. The van der Waals surface area contributed by atoms with Crippen molar-refractivity contribution in [2.75, 3.05) is 20.1 Å². The molecule has 2 aliphatic rings. The Balaban J connectivity index is 1.59. The van der Waals surface area contributed by atoms with Gasteiger partial charge in [0.1, 0.15) is 11.3 Å². The summed E-state index contributed by atoms with van der Waals surface area (Å²) in [4.78, 5) is 35.3. The van der Waals surface area contributed by atoms with Crippen molar-refractivity contribution < 1.29 is 4.79 Å². The minimum atomic E-state index is -0.136. The fourth-order valence-electron chi connectivity index (χ4n) is 5.13. The third kappa shape index (κ3) is 3.31. The summed E-state index contributed by atoms with van der Waals surface area (Å²) in [6.07, 6.45) is 9.49. The average Bonchev–Trinajstić information content (AvgIpc) is 3.25. The van der Waals surface area contributed by atoms with Crippen LogP contribution in [-0.4, -0.2) is 51.4 Å². The summed E-state index contributed by atoms with van der Waals surface area (Å²) in [6, 6.07) is 5.86. The number of nitrogens with one attached hydrogen (secondary N) is 2. The standard InChI is InChI=1S/C23H29N5O2/c1-27(17-9-11-24-12-10-17)23(30)16-7-8-18-19(13-16)28-20(22(29)26-18)14-25-21(28)15-5-3-2-4-6-15/h7-8,13-15,17,24H,2-6,9-12H2,1H3,(H,26,29). The molecule has 2 fully saturated rings. The maximum Gasteiger partial charge on any atom is 0.274 e. The first kappa shape index (κ1) is 19.3. The Hall–Kier alpha value is -2.67. The van der Waals surface area contributed by atoms with E-state index in [-0.39, 0.29) is 17.5 Å². The quantitative estimate of drug-likeness (QED) is 0.699. The molecule has 1 aliphatic heterocycles. The van der Waals surface area contributed by atoms with Crippen LogP contribution in [0.15, 0.2) is 29.2 Å². The van der Waals surface area contributed by atoms with Crippen LogP contribution in [0.25, 0.3) is 16.6 Å². The Bertz CT molecular complexity index is 1140. The zero-order valence-corrected chi connectivity index (χ0v) is 17.5. The predicted octanol–water partition coefficient (Wildman–Crippen LogP) is 3.05. The van der Waals surface area contributed by atoms with Gasteiger partial charge in [-0.25, -0.2) is 4.98 Å². The number of hydrogen-bond donors (Lipinski definition) is 2. The molecule has 158 valence electrons. The van der Waals surface area contributed by atoms with Crippen LogP contribution in [0.2, 0.25) is 0 Å². The largest absolute Gasteiger partial charge is 0.339 e. The van der Waals surface area contributed by atoms with E-state index >= 15 is 0 Å². The topological polar surface area (TPSA) is 82.5 Å². The molecule has 30 heavy (non-hydrogen) atoms. The summed E-state index contributed by atoms with van der Waals surface area (Å²) in [5.41, 5.74) is 2.67. The summed E-state index contributed by atoms with van der Waals surface area (Å²) >= 11 is 0. The number of aromatic nitrogens is 3. The molecule has 0 atom stereocenters. The summed E-state index contributed by atoms with van der Waals surface area (Å²) in [5, 5.41) is 3.35. The first-order valence-electron chi connectivity index (χ1n) is 11.1. The highest BCUT2D eigenvalue weighted by molar-refractivity contribution is 5.97. The molecule has 1 aromatic carbocycles. The summed E-state index contributed by atoms with van der Waals surface area (Å²) in [5.74, 6) is 1.35. The molecular formula is C23H29N5O2. The first-order valence-corrected chi connectivity index (χ1v) is 11.1. The molecule has 0 radical (unpaired) electrons. The number of benzene rings is 1. The van der Waals surface area contributed by atoms with E-state index in [1.165, 1.54) is 19.3 Å². The number of rotatable bonds is 3. The summed E-state index contributed by atoms with van der Waals surface area (Å²) in [6.45, 7) is 1.89. The third-order valence-electron chi connectivity index (χ3n) is 6.90. The van der Waals surface area contributed by atoms with Gasteiger partial charge in [-0.3, -0.25) is 14.0 Å². The maximum atomic E-state index is 13.2. The number of piperidine rings is 1. The van der Waals surface area contributed by atoms with Gasteiger partial charge in [-0.05, 0) is 57.0 Å². The number of nitrogens with zero attached hydrogens (tertiary/aromatic N) is 3. The first-order chi connectivity index (χ1) is 14.6. The van der Waals surface area contributed by atoms with Crippen molar-refractivity contribution in [3.8, 4) is 0 Å². The van der Waals surface area contributed by atoms with Crippen molar-refractivity contribution in [2.45, 2.75) is 56.9 Å². The molecule has 0 unspecified atom stereocenters. The molecule has 7 nitrogen and oxygen atoms in total. The van der Waals surface area contributed by atoms with Gasteiger partial charge in [0.25, 0.3) is 11.5 Å². The highest BCUT2D eigenvalue weighted by atomic mass is 16.2. The monoisotopic (exact) mass is 407 g/mol. The number of imidazole rings is 1. The van der Waals surface area contributed by atoms with E-state index in [9.17, 15) is 9.59 Å². The van der Waals surface area contributed by atoms with Gasteiger partial charge in [0.05, 0.1) is 17.2 Å². The normalized spacial score (nSPS) is 18.8. The zero-order chi connectivity index (χ0) is 20.7. The fraction of sp³-hybridized carbons (Fsp3) is 0.522. The summed E-state index contributed by atoms with van der Waals surface area (Å²) in [7, 11) is 1.90. The van der Waals surface area contributed by atoms with Crippen molar-refractivity contribution in [1.82, 2.24) is 24.6 Å². The van der Waals surface area contributed by atoms with Gasteiger partial charge in [0.15, 0.2) is 0 Å². The van der Waals surface area contributed by atoms with Crippen molar-refractivity contribution in [3.05, 3.63) is 46.1 Å². The van der Waals surface area contributed by atoms with Crippen LogP contribution in [0.3, 0.4) is 0 Å². The Morgan fingerprint density at radius 1 is 1.10 bits per heavy atom. The second kappa shape index (κ2) is 7.87. The Morgan fingerprint density at radius 2 is 1.87 bits per heavy atom. The van der Waals surface area contributed by atoms with Crippen LogP contribution in [0, 0.1) is 0 Å². The Morgan fingerprint density at radius 3 is 2.63 bits per heavy atom. The lowest BCUT2D eigenvalue weighted by molar-refractivity contribution is 0.0703. The second-order valence-electron chi connectivity index (χ2n) is 8.76. The fourth-order valence-corrected chi connectivity index (χ4v) is 5.13. The van der Waals surface area contributed by atoms with E-state index in [2.05, 4.69) is 15.3 Å². The van der Waals surface area contributed by atoms with Crippen molar-refractivity contribution >= 4 is 22.5 Å². The van der Waals surface area contributed by atoms with Gasteiger partial charge < -0.3 is 15.2 Å². The number of carbonyl (C=O) groups excluding carboxylic acids is 1. The SMILES string of the molecule is CN(C(=O)c1ccc2[nH]c(=O)c3cnc(C4CCCCC4)n3c2c1)C1CCNCC1. The molecule has 3 heterocycles. The minimum Gasteiger partial charge on any atom is -0.339 e. The molecule has 0 bridgehead atoms. The predicted molar refractivity (Wildman–Crippen MR) is 117 cm³/mol. The molecule has 1 amide bonds. The molecule has 1 saturated heterocycles. The van der Waals surface area contributed by atoms with Gasteiger partial charge in [0, 0.05) is 24.6 Å². The van der Waals surface area contributed by atoms with Gasteiger partial charge in [-0.1, -0.05) is 19.3 Å². The number of hydrogen-bond acceptors (Lipinski definition) is 4. The highest BCUT2D eigenvalue weighted by Crippen LogP contribution is 2.33. The second-order valence-corrected chi connectivity index (χ2v) is 8.76. The Labute approximate surface area is 175 Å². The van der Waals surface area contributed by atoms with Crippen molar-refractivity contribution in [2.24, 2.45) is 0 Å². The van der Waals surface area contributed by atoms with E-state index < -0.39 is 0 Å². The number of carbonyl (C=O) groups is 1. The number of aromatic amines is 1. The van der Waals surface area contributed by atoms with E-state index in [0.717, 1.165) is 55.6 Å². The van der Waals surface area contributed by atoms with E-state index in [4.69, 9.17) is 0 Å². The minimum absolute atomic E-state index is 0.0301. The number of amides is 1. The molecule has 1 saturated carbocycles. The highest BCUT2D eigenvalue weighted by Gasteiger charge is 2.25. The Kier molecular flexibility index (Phi) is 5.06. The van der Waals surface area contributed by atoms with Crippen molar-refractivity contribution in [1.29, 1.82) is 0 Å². The van der Waals surface area contributed by atoms with E-state index in [1.807, 2.05) is 34.5 Å². The maximum absolute atomic E-state index is 13.2.